The number of carbonyl (C=O) groups excluding carboxylic acids is 1. The van der Waals surface area contributed by atoms with Gasteiger partial charge in [-0.3, -0.25) is 9.69 Å². The molecule has 3 heterocycles. The second kappa shape index (κ2) is 9.28. The number of carbonyl (C=O) groups is 1. The van der Waals surface area contributed by atoms with Gasteiger partial charge in [-0.05, 0) is 32.9 Å². The van der Waals surface area contributed by atoms with Crippen molar-refractivity contribution in [1.29, 1.82) is 0 Å². The Balaban J connectivity index is 1.25. The van der Waals surface area contributed by atoms with Crippen LogP contribution in [0.5, 0.6) is 0 Å². The van der Waals surface area contributed by atoms with Gasteiger partial charge in [-0.1, -0.05) is 41.4 Å². The van der Waals surface area contributed by atoms with Crippen LogP contribution in [0.1, 0.15) is 42.8 Å². The molecule has 3 aromatic rings. The molecule has 2 aromatic heterocycles. The summed E-state index contributed by atoms with van der Waals surface area (Å²) in [6.07, 6.45) is 4.51. The minimum absolute atomic E-state index is 0.0982. The summed E-state index contributed by atoms with van der Waals surface area (Å²) in [6, 6.07) is 7.93. The number of thiazole rings is 1. The van der Waals surface area contributed by atoms with E-state index < -0.39 is 0 Å². The molecule has 1 aliphatic heterocycles. The van der Waals surface area contributed by atoms with Crippen molar-refractivity contribution in [1.82, 2.24) is 20.0 Å². The maximum atomic E-state index is 12.3. The molecule has 0 radical (unpaired) electrons. The van der Waals surface area contributed by atoms with Crippen LogP contribution >= 0.6 is 11.3 Å². The zero-order valence-electron chi connectivity index (χ0n) is 16.6. The van der Waals surface area contributed by atoms with Gasteiger partial charge >= 0.3 is 0 Å². The zero-order chi connectivity index (χ0) is 20.1. The van der Waals surface area contributed by atoms with E-state index >= 15 is 0 Å². The van der Waals surface area contributed by atoms with Gasteiger partial charge in [0.1, 0.15) is 0 Å². The van der Waals surface area contributed by atoms with Crippen LogP contribution in [-0.2, 0) is 17.8 Å². The molecule has 4 rings (SSSR count). The van der Waals surface area contributed by atoms with E-state index in [0.29, 0.717) is 23.3 Å². The van der Waals surface area contributed by atoms with Crippen molar-refractivity contribution in [2.45, 2.75) is 45.6 Å². The van der Waals surface area contributed by atoms with Crippen LogP contribution in [0.15, 0.2) is 34.2 Å². The first kappa shape index (κ1) is 19.7. The van der Waals surface area contributed by atoms with Crippen LogP contribution < -0.4 is 5.32 Å². The quantitative estimate of drug-likeness (QED) is 0.631. The number of aryl methyl sites for hydroxylation is 2. The Morgan fingerprint density at radius 3 is 2.76 bits per heavy atom. The maximum Gasteiger partial charge on any atom is 0.227 e. The van der Waals surface area contributed by atoms with Crippen LogP contribution in [0.2, 0.25) is 0 Å². The van der Waals surface area contributed by atoms with Gasteiger partial charge in [0.05, 0.1) is 5.69 Å². The number of anilines is 1. The molecular weight excluding hydrogens is 386 g/mol. The first-order valence-corrected chi connectivity index (χ1v) is 10.9. The smallest absolute Gasteiger partial charge is 0.227 e. The molecule has 1 N–H and O–H groups in total. The molecule has 0 atom stereocenters. The summed E-state index contributed by atoms with van der Waals surface area (Å²) in [5.74, 6) is 0.905. The minimum Gasteiger partial charge on any atom is -0.339 e. The third-order valence-corrected chi connectivity index (χ3v) is 5.78. The van der Waals surface area contributed by atoms with Crippen LogP contribution in [-0.4, -0.2) is 39.0 Å². The molecule has 0 saturated carbocycles. The highest BCUT2D eigenvalue weighted by Crippen LogP contribution is 2.20. The summed E-state index contributed by atoms with van der Waals surface area (Å²) in [6.45, 7) is 5.15. The van der Waals surface area contributed by atoms with E-state index in [-0.39, 0.29) is 12.3 Å². The van der Waals surface area contributed by atoms with Gasteiger partial charge < -0.3 is 9.84 Å². The maximum absolute atomic E-state index is 12.3. The van der Waals surface area contributed by atoms with Gasteiger partial charge in [-0.15, -0.1) is 11.3 Å². The van der Waals surface area contributed by atoms with Crippen LogP contribution in [0, 0.1) is 6.92 Å². The summed E-state index contributed by atoms with van der Waals surface area (Å²) < 4.78 is 5.28. The number of rotatable bonds is 7. The Hall–Kier alpha value is -2.58. The Morgan fingerprint density at radius 1 is 1.17 bits per heavy atom. The fraction of sp³-hybridized carbons (Fsp3) is 0.429. The average molecular weight is 412 g/mol. The third kappa shape index (κ3) is 5.48. The van der Waals surface area contributed by atoms with E-state index in [1.165, 1.54) is 36.2 Å². The summed E-state index contributed by atoms with van der Waals surface area (Å²) in [4.78, 5) is 23.6. The molecule has 1 saturated heterocycles. The second-order valence-corrected chi connectivity index (χ2v) is 8.26. The molecule has 0 spiro atoms. The number of hydrogen-bond donors (Lipinski definition) is 1. The topological polar surface area (TPSA) is 84.2 Å². The van der Waals surface area contributed by atoms with E-state index in [4.69, 9.17) is 4.52 Å². The summed E-state index contributed by atoms with van der Waals surface area (Å²) >= 11 is 1.47. The van der Waals surface area contributed by atoms with Crippen molar-refractivity contribution in [2.24, 2.45) is 0 Å². The van der Waals surface area contributed by atoms with Crippen molar-refractivity contribution in [3.8, 4) is 11.4 Å². The van der Waals surface area contributed by atoms with Gasteiger partial charge in [0.25, 0.3) is 0 Å². The van der Waals surface area contributed by atoms with Crippen LogP contribution in [0.25, 0.3) is 11.4 Å². The molecule has 1 amide bonds. The summed E-state index contributed by atoms with van der Waals surface area (Å²) in [5.41, 5.74) is 3.10. The van der Waals surface area contributed by atoms with E-state index in [9.17, 15) is 4.79 Å². The molecule has 1 fully saturated rings. The van der Waals surface area contributed by atoms with Crippen molar-refractivity contribution in [3.63, 3.8) is 0 Å². The normalized spacial score (nSPS) is 14.8. The predicted octanol–water partition coefficient (Wildman–Crippen LogP) is 4.06. The number of amides is 1. The van der Waals surface area contributed by atoms with Crippen molar-refractivity contribution >= 4 is 22.4 Å². The number of hydrogen-bond acceptors (Lipinski definition) is 7. The first-order valence-electron chi connectivity index (χ1n) is 10.0. The molecule has 152 valence electrons. The molecule has 7 nitrogen and oxygen atoms in total. The monoisotopic (exact) mass is 411 g/mol. The molecule has 1 aromatic carbocycles. The van der Waals surface area contributed by atoms with Gasteiger partial charge in [0, 0.05) is 30.3 Å². The van der Waals surface area contributed by atoms with Crippen molar-refractivity contribution < 1.29 is 9.32 Å². The fourth-order valence-electron chi connectivity index (χ4n) is 3.36. The number of piperidine rings is 1. The fourth-order valence-corrected chi connectivity index (χ4v) is 4.08. The highest BCUT2D eigenvalue weighted by molar-refractivity contribution is 7.13. The van der Waals surface area contributed by atoms with Gasteiger partial charge in [-0.2, -0.15) is 4.98 Å². The lowest BCUT2D eigenvalue weighted by Crippen LogP contribution is -2.29. The van der Waals surface area contributed by atoms with Crippen LogP contribution in [0.3, 0.4) is 0 Å². The minimum atomic E-state index is -0.0982. The average Bonchev–Trinajstić information content (AvgIpc) is 3.37. The van der Waals surface area contributed by atoms with Crippen molar-refractivity contribution in [3.05, 3.63) is 46.8 Å². The predicted molar refractivity (Wildman–Crippen MR) is 113 cm³/mol. The Labute approximate surface area is 174 Å². The van der Waals surface area contributed by atoms with Gasteiger partial charge in [0.2, 0.25) is 17.6 Å². The largest absolute Gasteiger partial charge is 0.339 e. The van der Waals surface area contributed by atoms with Gasteiger partial charge in [-0.25, -0.2) is 4.98 Å². The number of likely N-dealkylation sites (tertiary alicyclic amines) is 1. The Bertz CT molecular complexity index is 944. The lowest BCUT2D eigenvalue weighted by molar-refractivity contribution is -0.116. The Kier molecular flexibility index (Phi) is 6.31. The molecule has 29 heavy (non-hydrogen) atoms. The van der Waals surface area contributed by atoms with E-state index in [1.807, 2.05) is 36.6 Å². The number of nitrogens with zero attached hydrogens (tertiary/aromatic N) is 4. The molecule has 1 aliphatic rings. The standard InChI is InChI=1S/C21H25N5O2S/c1-15-5-7-16(8-6-15)20-24-19(28-25-20)10-9-18(27)23-21-22-17(14-29-21)13-26-11-3-2-4-12-26/h5-8,14H,2-4,9-13H2,1H3,(H,22,23,27). The first-order chi connectivity index (χ1) is 14.2. The molecule has 8 heteroatoms. The number of benzene rings is 1. The lowest BCUT2D eigenvalue weighted by atomic mass is 10.1. The number of nitrogens with one attached hydrogen (secondary N) is 1. The highest BCUT2D eigenvalue weighted by Gasteiger charge is 2.14. The summed E-state index contributed by atoms with van der Waals surface area (Å²) in [7, 11) is 0. The highest BCUT2D eigenvalue weighted by atomic mass is 32.1. The molecule has 0 aliphatic carbocycles. The van der Waals surface area contributed by atoms with E-state index in [2.05, 4.69) is 25.3 Å². The lowest BCUT2D eigenvalue weighted by Gasteiger charge is -2.25. The van der Waals surface area contributed by atoms with Crippen molar-refractivity contribution in [2.75, 3.05) is 18.4 Å². The van der Waals surface area contributed by atoms with E-state index in [0.717, 1.165) is 30.9 Å². The van der Waals surface area contributed by atoms with Gasteiger partial charge in [0.15, 0.2) is 5.13 Å². The van der Waals surface area contributed by atoms with Crippen LogP contribution in [0.4, 0.5) is 5.13 Å². The summed E-state index contributed by atoms with van der Waals surface area (Å²) in [5, 5.41) is 9.55. The zero-order valence-corrected chi connectivity index (χ0v) is 17.4. The Morgan fingerprint density at radius 2 is 1.97 bits per heavy atom. The van der Waals surface area contributed by atoms with E-state index in [1.54, 1.807) is 0 Å². The molecule has 0 bridgehead atoms. The number of aromatic nitrogens is 3. The molecular formula is C21H25N5O2S. The third-order valence-electron chi connectivity index (χ3n) is 4.98. The SMILES string of the molecule is Cc1ccc(-c2noc(CCC(=O)Nc3nc(CN4CCCCC4)cs3)n2)cc1. The molecule has 0 unspecified atom stereocenters. The second-order valence-electron chi connectivity index (χ2n) is 7.41.